The van der Waals surface area contributed by atoms with Crippen LogP contribution in [0.4, 0.5) is 0 Å². The van der Waals surface area contributed by atoms with Crippen molar-refractivity contribution in [2.75, 3.05) is 32.8 Å². The molecule has 0 aromatic heterocycles. The first-order chi connectivity index (χ1) is 8.50. The molecule has 18 heavy (non-hydrogen) atoms. The number of nitrogens with one attached hydrogen (secondary N) is 2. The molecule has 6 heteroatoms. The number of hydrogen-bond donors (Lipinski definition) is 2. The van der Waals surface area contributed by atoms with Gasteiger partial charge in [-0.05, 0) is 6.92 Å². The molecule has 0 saturated carbocycles. The zero-order chi connectivity index (χ0) is 13.5. The summed E-state index contributed by atoms with van der Waals surface area (Å²) < 4.78 is 5.18. The molecular weight excluding hydrogens is 234 g/mol. The number of ether oxygens (including phenoxy) is 1. The Morgan fingerprint density at radius 2 is 1.83 bits per heavy atom. The van der Waals surface area contributed by atoms with E-state index < -0.39 is 6.04 Å². The molecule has 1 heterocycles. The summed E-state index contributed by atoms with van der Waals surface area (Å²) in [6.07, 6.45) is 0. The van der Waals surface area contributed by atoms with Gasteiger partial charge in [0.2, 0.25) is 11.8 Å². The lowest BCUT2D eigenvalue weighted by atomic mass is 10.2. The van der Waals surface area contributed by atoms with Crippen LogP contribution in [0.5, 0.6) is 0 Å². The quantitative estimate of drug-likeness (QED) is 0.686. The third kappa shape index (κ3) is 5.01. The fourth-order valence-electron chi connectivity index (χ4n) is 1.71. The molecule has 1 atom stereocenters. The summed E-state index contributed by atoms with van der Waals surface area (Å²) in [6.45, 7) is 8.23. The van der Waals surface area contributed by atoms with Gasteiger partial charge in [0.25, 0.3) is 0 Å². The van der Waals surface area contributed by atoms with Gasteiger partial charge in [-0.15, -0.1) is 0 Å². The van der Waals surface area contributed by atoms with Crippen molar-refractivity contribution in [3.8, 4) is 0 Å². The smallest absolute Gasteiger partial charge is 0.245 e. The minimum Gasteiger partial charge on any atom is -0.378 e. The van der Waals surface area contributed by atoms with Crippen LogP contribution in [-0.2, 0) is 14.3 Å². The second-order valence-corrected chi connectivity index (χ2v) is 4.76. The minimum absolute atomic E-state index is 0.0452. The van der Waals surface area contributed by atoms with Gasteiger partial charge in [0.1, 0.15) is 6.04 Å². The zero-order valence-corrected chi connectivity index (χ0v) is 11.4. The summed E-state index contributed by atoms with van der Waals surface area (Å²) >= 11 is 0. The number of carbonyl (C=O) groups is 2. The second kappa shape index (κ2) is 7.33. The average Bonchev–Trinajstić information content (AvgIpc) is 2.36. The van der Waals surface area contributed by atoms with Crippen LogP contribution >= 0.6 is 0 Å². The fraction of sp³-hybridized carbons (Fsp3) is 0.833. The molecule has 0 bridgehead atoms. The zero-order valence-electron chi connectivity index (χ0n) is 11.4. The van der Waals surface area contributed by atoms with Gasteiger partial charge in [-0.1, -0.05) is 13.8 Å². The van der Waals surface area contributed by atoms with Crippen LogP contribution in [0.3, 0.4) is 0 Å². The topological polar surface area (TPSA) is 70.7 Å². The van der Waals surface area contributed by atoms with Crippen LogP contribution in [0.2, 0.25) is 0 Å². The molecule has 0 aliphatic carbocycles. The van der Waals surface area contributed by atoms with Crippen LogP contribution in [0.25, 0.3) is 0 Å². The normalized spacial score (nSPS) is 17.7. The molecule has 2 amide bonds. The molecule has 2 N–H and O–H groups in total. The minimum atomic E-state index is -0.482. The maximum atomic E-state index is 12.0. The lowest BCUT2D eigenvalue weighted by Gasteiger charge is -2.29. The Hall–Kier alpha value is -1.14. The molecule has 1 aliphatic heterocycles. The summed E-state index contributed by atoms with van der Waals surface area (Å²) in [5.74, 6) is -0.200. The molecule has 1 aliphatic rings. The average molecular weight is 257 g/mol. The Labute approximate surface area is 108 Å². The van der Waals surface area contributed by atoms with Gasteiger partial charge in [-0.2, -0.15) is 0 Å². The van der Waals surface area contributed by atoms with Crippen LogP contribution in [0, 0.1) is 0 Å². The SMILES string of the molecule is CC(C)NCC(=O)NC(C)C(=O)N1CCOCC1. The molecule has 1 unspecified atom stereocenters. The van der Waals surface area contributed by atoms with Gasteiger partial charge < -0.3 is 20.3 Å². The van der Waals surface area contributed by atoms with Gasteiger partial charge in [0.05, 0.1) is 19.8 Å². The summed E-state index contributed by atoms with van der Waals surface area (Å²) in [6, 6.07) is -0.231. The van der Waals surface area contributed by atoms with Crippen LogP contribution in [-0.4, -0.2) is 61.6 Å². The Morgan fingerprint density at radius 1 is 1.22 bits per heavy atom. The molecule has 104 valence electrons. The van der Waals surface area contributed by atoms with E-state index in [4.69, 9.17) is 4.74 Å². The van der Waals surface area contributed by atoms with Crippen molar-refractivity contribution in [2.45, 2.75) is 32.9 Å². The fourth-order valence-corrected chi connectivity index (χ4v) is 1.71. The van der Waals surface area contributed by atoms with Crippen LogP contribution in [0.1, 0.15) is 20.8 Å². The third-order valence-electron chi connectivity index (χ3n) is 2.74. The van der Waals surface area contributed by atoms with E-state index in [-0.39, 0.29) is 24.4 Å². The van der Waals surface area contributed by atoms with Gasteiger partial charge in [-0.25, -0.2) is 0 Å². The van der Waals surface area contributed by atoms with Crippen LogP contribution < -0.4 is 10.6 Å². The van der Waals surface area contributed by atoms with Crippen molar-refractivity contribution in [2.24, 2.45) is 0 Å². The highest BCUT2D eigenvalue weighted by atomic mass is 16.5. The molecule has 0 aromatic rings. The number of nitrogens with zero attached hydrogens (tertiary/aromatic N) is 1. The van der Waals surface area contributed by atoms with Crippen LogP contribution in [0.15, 0.2) is 0 Å². The number of amides is 2. The van der Waals surface area contributed by atoms with E-state index in [1.165, 1.54) is 0 Å². The van der Waals surface area contributed by atoms with E-state index in [0.29, 0.717) is 26.3 Å². The molecular formula is C12H23N3O3. The molecule has 0 spiro atoms. The van der Waals surface area contributed by atoms with E-state index in [1.807, 2.05) is 13.8 Å². The molecule has 1 fully saturated rings. The molecule has 1 saturated heterocycles. The molecule has 6 nitrogen and oxygen atoms in total. The first-order valence-corrected chi connectivity index (χ1v) is 6.40. The monoisotopic (exact) mass is 257 g/mol. The van der Waals surface area contributed by atoms with E-state index in [0.717, 1.165) is 0 Å². The maximum Gasteiger partial charge on any atom is 0.245 e. The summed E-state index contributed by atoms with van der Waals surface area (Å²) in [5.41, 5.74) is 0. The highest BCUT2D eigenvalue weighted by molar-refractivity contribution is 5.88. The summed E-state index contributed by atoms with van der Waals surface area (Å²) in [5, 5.41) is 5.71. The summed E-state index contributed by atoms with van der Waals surface area (Å²) in [4.78, 5) is 25.3. The van der Waals surface area contributed by atoms with Gasteiger partial charge in [0.15, 0.2) is 0 Å². The Kier molecular flexibility index (Phi) is 6.07. The van der Waals surface area contributed by atoms with Crippen molar-refractivity contribution in [3.63, 3.8) is 0 Å². The number of hydrogen-bond acceptors (Lipinski definition) is 4. The molecule has 0 aromatic carbocycles. The van der Waals surface area contributed by atoms with Crippen molar-refractivity contribution >= 4 is 11.8 Å². The van der Waals surface area contributed by atoms with E-state index in [2.05, 4.69) is 10.6 Å². The molecule has 1 rings (SSSR count). The van der Waals surface area contributed by atoms with Crippen molar-refractivity contribution < 1.29 is 14.3 Å². The predicted octanol–water partition coefficient (Wildman–Crippen LogP) is -0.652. The lowest BCUT2D eigenvalue weighted by Crippen LogP contribution is -2.52. The number of rotatable bonds is 5. The van der Waals surface area contributed by atoms with E-state index in [9.17, 15) is 9.59 Å². The van der Waals surface area contributed by atoms with Crippen molar-refractivity contribution in [1.82, 2.24) is 15.5 Å². The Bertz CT molecular complexity index is 288. The van der Waals surface area contributed by atoms with Gasteiger partial charge >= 0.3 is 0 Å². The second-order valence-electron chi connectivity index (χ2n) is 4.76. The summed E-state index contributed by atoms with van der Waals surface area (Å²) in [7, 11) is 0. The number of morpholine rings is 1. The van der Waals surface area contributed by atoms with E-state index in [1.54, 1.807) is 11.8 Å². The first-order valence-electron chi connectivity index (χ1n) is 6.40. The van der Waals surface area contributed by atoms with Crippen molar-refractivity contribution in [3.05, 3.63) is 0 Å². The highest BCUT2D eigenvalue weighted by Crippen LogP contribution is 2.00. The Morgan fingerprint density at radius 3 is 2.39 bits per heavy atom. The van der Waals surface area contributed by atoms with Gasteiger partial charge in [0, 0.05) is 19.1 Å². The lowest BCUT2D eigenvalue weighted by molar-refractivity contribution is -0.139. The standard InChI is InChI=1S/C12H23N3O3/c1-9(2)13-8-11(16)14-10(3)12(17)15-4-6-18-7-5-15/h9-10,13H,4-8H2,1-3H3,(H,14,16). The molecule has 0 radical (unpaired) electrons. The largest absolute Gasteiger partial charge is 0.378 e. The van der Waals surface area contributed by atoms with Crippen molar-refractivity contribution in [1.29, 1.82) is 0 Å². The first kappa shape index (κ1) is 14.9. The maximum absolute atomic E-state index is 12.0. The number of carbonyl (C=O) groups excluding carboxylic acids is 2. The third-order valence-corrected chi connectivity index (χ3v) is 2.74. The van der Waals surface area contributed by atoms with Gasteiger partial charge in [-0.3, -0.25) is 9.59 Å². The van der Waals surface area contributed by atoms with E-state index >= 15 is 0 Å². The highest BCUT2D eigenvalue weighted by Gasteiger charge is 2.23. The Balaban J connectivity index is 2.32. The predicted molar refractivity (Wildman–Crippen MR) is 68.1 cm³/mol.